The van der Waals surface area contributed by atoms with Crippen molar-refractivity contribution < 1.29 is 9.53 Å². The fraction of sp³-hybridized carbons (Fsp3) is 0.310. The summed E-state index contributed by atoms with van der Waals surface area (Å²) in [5.41, 5.74) is 17.2. The molecule has 0 aliphatic carbocycles. The van der Waals surface area contributed by atoms with Crippen LogP contribution >= 0.6 is 0 Å². The molecule has 0 saturated carbocycles. The number of benzene rings is 1. The molecule has 2 aliphatic heterocycles. The van der Waals surface area contributed by atoms with Gasteiger partial charge in [0.1, 0.15) is 5.82 Å². The molecule has 2 aromatic heterocycles. The number of rotatable bonds is 7. The van der Waals surface area contributed by atoms with Crippen LogP contribution in [-0.2, 0) is 22.4 Å². The fourth-order valence-corrected chi connectivity index (χ4v) is 4.72. The Morgan fingerprint density at radius 3 is 2.42 bits per heavy atom. The fourth-order valence-electron chi connectivity index (χ4n) is 4.72. The molecular formula is C29H33N7O2. The molecule has 9 nitrogen and oxygen atoms in total. The number of ether oxygens (including phenoxy) is 1. The maximum Gasteiger partial charge on any atom is 0.227 e. The number of allylic oxidation sites excluding steroid dienone is 1. The van der Waals surface area contributed by atoms with Crippen molar-refractivity contribution in [1.82, 2.24) is 19.9 Å². The number of anilines is 2. The van der Waals surface area contributed by atoms with Gasteiger partial charge in [0, 0.05) is 44.1 Å². The number of carbonyl (C=O) groups excluding carboxylic acids is 1. The van der Waals surface area contributed by atoms with Gasteiger partial charge in [-0.2, -0.15) is 0 Å². The van der Waals surface area contributed by atoms with Gasteiger partial charge >= 0.3 is 0 Å². The Kier molecular flexibility index (Phi) is 7.94. The molecule has 4 heterocycles. The first-order valence-electron chi connectivity index (χ1n) is 12.9. The lowest BCUT2D eigenvalue weighted by Gasteiger charge is -2.30. The minimum Gasteiger partial charge on any atom is -0.405 e. The van der Waals surface area contributed by atoms with E-state index in [1.807, 2.05) is 23.1 Å². The predicted octanol–water partition coefficient (Wildman–Crippen LogP) is 2.83. The van der Waals surface area contributed by atoms with E-state index in [9.17, 15) is 4.79 Å². The Morgan fingerprint density at radius 1 is 1.00 bits per heavy atom. The minimum absolute atomic E-state index is 0.137. The lowest BCUT2D eigenvalue weighted by atomic mass is 9.98. The van der Waals surface area contributed by atoms with Crippen molar-refractivity contribution in [3.63, 3.8) is 0 Å². The van der Waals surface area contributed by atoms with E-state index in [1.54, 1.807) is 18.6 Å². The topological polar surface area (TPSA) is 123 Å². The number of carbonyl (C=O) groups is 1. The summed E-state index contributed by atoms with van der Waals surface area (Å²) in [5, 5.41) is 0. The number of nitrogen functional groups attached to an aromatic ring is 1. The summed E-state index contributed by atoms with van der Waals surface area (Å²) in [6, 6.07) is 12.4. The van der Waals surface area contributed by atoms with E-state index in [1.165, 1.54) is 11.1 Å². The van der Waals surface area contributed by atoms with E-state index in [0.717, 1.165) is 54.1 Å². The van der Waals surface area contributed by atoms with Crippen molar-refractivity contribution in [1.29, 1.82) is 0 Å². The molecule has 3 aromatic rings. The molecule has 0 spiro atoms. The van der Waals surface area contributed by atoms with Crippen molar-refractivity contribution >= 4 is 23.2 Å². The van der Waals surface area contributed by atoms with Crippen LogP contribution in [0.5, 0.6) is 0 Å². The first-order chi connectivity index (χ1) is 18.6. The van der Waals surface area contributed by atoms with Gasteiger partial charge in [-0.1, -0.05) is 36.4 Å². The van der Waals surface area contributed by atoms with Crippen LogP contribution in [-0.4, -0.2) is 65.2 Å². The number of pyridine rings is 1. The molecule has 9 heteroatoms. The zero-order valence-corrected chi connectivity index (χ0v) is 21.4. The van der Waals surface area contributed by atoms with Gasteiger partial charge in [0.15, 0.2) is 0 Å². The number of hydrogen-bond acceptors (Lipinski definition) is 8. The number of nitrogens with zero attached hydrogens (tertiary/aromatic N) is 5. The third-order valence-electron chi connectivity index (χ3n) is 6.92. The van der Waals surface area contributed by atoms with Gasteiger partial charge in [0.2, 0.25) is 11.9 Å². The molecule has 0 atom stereocenters. The van der Waals surface area contributed by atoms with Gasteiger partial charge in [0.25, 0.3) is 0 Å². The molecule has 38 heavy (non-hydrogen) atoms. The number of aromatic nitrogens is 3. The van der Waals surface area contributed by atoms with Crippen LogP contribution in [0.1, 0.15) is 23.1 Å². The van der Waals surface area contributed by atoms with Gasteiger partial charge in [-0.05, 0) is 53.4 Å². The Labute approximate surface area is 222 Å². The average Bonchev–Trinajstić information content (AvgIpc) is 2.97. The molecule has 0 radical (unpaired) electrons. The van der Waals surface area contributed by atoms with Gasteiger partial charge in [0.05, 0.1) is 25.3 Å². The number of morpholine rings is 1. The maximum atomic E-state index is 13.0. The van der Waals surface area contributed by atoms with E-state index in [0.29, 0.717) is 32.7 Å². The Balaban J connectivity index is 1.31. The van der Waals surface area contributed by atoms with E-state index < -0.39 is 0 Å². The third-order valence-corrected chi connectivity index (χ3v) is 6.92. The standard InChI is InChI=1S/C29H33N7O2/c30-9-1-2-21-3-5-22(6-4-21)16-28(37)36-10-7-23(8-11-36)24-17-26(25-19-32-29(31)33-20-25)34-27(18-24)35-12-14-38-15-13-35/h1,3-7,9,17-20H,2,8,10-16,30H2,(H2,31,32,33). The van der Waals surface area contributed by atoms with Crippen molar-refractivity contribution in [3.05, 3.63) is 83.8 Å². The molecule has 196 valence electrons. The smallest absolute Gasteiger partial charge is 0.227 e. The molecule has 1 fully saturated rings. The highest BCUT2D eigenvalue weighted by molar-refractivity contribution is 5.81. The molecule has 1 saturated heterocycles. The third kappa shape index (κ3) is 6.18. The Morgan fingerprint density at radius 2 is 1.74 bits per heavy atom. The first-order valence-corrected chi connectivity index (χ1v) is 12.9. The summed E-state index contributed by atoms with van der Waals surface area (Å²) < 4.78 is 5.53. The number of hydrogen-bond donors (Lipinski definition) is 2. The van der Waals surface area contributed by atoms with Gasteiger partial charge in [-0.3, -0.25) is 4.79 Å². The summed E-state index contributed by atoms with van der Waals surface area (Å²) in [6.07, 6.45) is 11.0. The lowest BCUT2D eigenvalue weighted by molar-refractivity contribution is -0.130. The monoisotopic (exact) mass is 511 g/mol. The van der Waals surface area contributed by atoms with Crippen molar-refractivity contribution in [2.45, 2.75) is 19.3 Å². The highest BCUT2D eigenvalue weighted by atomic mass is 16.5. The SMILES string of the molecule is NC=CCc1ccc(CC(=O)N2CC=C(c3cc(-c4cnc(N)nc4)nc(N4CCOCC4)c3)CC2)cc1. The van der Waals surface area contributed by atoms with Gasteiger partial charge in [-0.15, -0.1) is 0 Å². The molecule has 1 aromatic carbocycles. The second-order valence-corrected chi connectivity index (χ2v) is 9.47. The van der Waals surface area contributed by atoms with Crippen LogP contribution in [0.2, 0.25) is 0 Å². The normalized spacial score (nSPS) is 16.1. The molecular weight excluding hydrogens is 478 g/mol. The largest absolute Gasteiger partial charge is 0.405 e. The van der Waals surface area contributed by atoms with Crippen LogP contribution in [0.3, 0.4) is 0 Å². The summed E-state index contributed by atoms with van der Waals surface area (Å²) >= 11 is 0. The van der Waals surface area contributed by atoms with Crippen molar-refractivity contribution in [3.8, 4) is 11.3 Å². The van der Waals surface area contributed by atoms with Crippen LogP contribution in [0.25, 0.3) is 16.8 Å². The number of amides is 1. The summed E-state index contributed by atoms with van der Waals surface area (Å²) in [5.74, 6) is 1.28. The van der Waals surface area contributed by atoms with Crippen LogP contribution in [0, 0.1) is 0 Å². The van der Waals surface area contributed by atoms with E-state index >= 15 is 0 Å². The minimum atomic E-state index is 0.137. The molecule has 4 N–H and O–H groups in total. The number of nitrogens with two attached hydrogens (primary N) is 2. The van der Waals surface area contributed by atoms with Crippen LogP contribution in [0.4, 0.5) is 11.8 Å². The van der Waals surface area contributed by atoms with Gasteiger partial charge in [-0.25, -0.2) is 15.0 Å². The van der Waals surface area contributed by atoms with Crippen LogP contribution < -0.4 is 16.4 Å². The van der Waals surface area contributed by atoms with Gasteiger partial charge < -0.3 is 26.0 Å². The second kappa shape index (κ2) is 11.9. The Hall–Kier alpha value is -4.24. The average molecular weight is 512 g/mol. The molecule has 0 unspecified atom stereocenters. The van der Waals surface area contributed by atoms with E-state index in [4.69, 9.17) is 21.2 Å². The summed E-state index contributed by atoms with van der Waals surface area (Å²) in [4.78, 5) is 30.4. The second-order valence-electron chi connectivity index (χ2n) is 9.47. The van der Waals surface area contributed by atoms with E-state index in [2.05, 4.69) is 45.2 Å². The van der Waals surface area contributed by atoms with E-state index in [-0.39, 0.29) is 11.9 Å². The first kappa shape index (κ1) is 25.4. The Bertz CT molecular complexity index is 1310. The van der Waals surface area contributed by atoms with Crippen molar-refractivity contribution in [2.24, 2.45) is 5.73 Å². The summed E-state index contributed by atoms with van der Waals surface area (Å²) in [7, 11) is 0. The highest BCUT2D eigenvalue weighted by Crippen LogP contribution is 2.30. The molecule has 0 bridgehead atoms. The summed E-state index contributed by atoms with van der Waals surface area (Å²) in [6.45, 7) is 4.21. The zero-order valence-electron chi connectivity index (χ0n) is 21.4. The van der Waals surface area contributed by atoms with Crippen molar-refractivity contribution in [2.75, 3.05) is 50.0 Å². The lowest BCUT2D eigenvalue weighted by Crippen LogP contribution is -2.37. The van der Waals surface area contributed by atoms with Crippen LogP contribution in [0.15, 0.2) is 67.1 Å². The molecule has 2 aliphatic rings. The molecule has 5 rings (SSSR count). The molecule has 1 amide bonds. The maximum absolute atomic E-state index is 13.0. The highest BCUT2D eigenvalue weighted by Gasteiger charge is 2.21. The predicted molar refractivity (Wildman–Crippen MR) is 149 cm³/mol. The quantitative estimate of drug-likeness (QED) is 0.496. The zero-order chi connectivity index (χ0) is 26.3.